The highest BCUT2D eigenvalue weighted by atomic mass is 16.5. The van der Waals surface area contributed by atoms with Gasteiger partial charge in [0.05, 0.1) is 0 Å². The maximum absolute atomic E-state index is 11.6. The van der Waals surface area contributed by atoms with Crippen LogP contribution in [-0.4, -0.2) is 30.2 Å². The van der Waals surface area contributed by atoms with Gasteiger partial charge in [0.15, 0.2) is 17.7 Å². The van der Waals surface area contributed by atoms with Gasteiger partial charge < -0.3 is 10.1 Å². The minimum Gasteiger partial charge on any atom is -0.353 e. The number of rotatable bonds is 6. The van der Waals surface area contributed by atoms with Crippen LogP contribution in [-0.2, 0) is 19.1 Å². The minimum atomic E-state index is -1.16. The first kappa shape index (κ1) is 15.0. The van der Waals surface area contributed by atoms with Crippen LogP contribution in [0.5, 0.6) is 0 Å². The number of amides is 1. The van der Waals surface area contributed by atoms with Crippen molar-refractivity contribution in [1.29, 1.82) is 0 Å². The van der Waals surface area contributed by atoms with Crippen LogP contribution in [0.2, 0.25) is 0 Å². The van der Waals surface area contributed by atoms with Crippen molar-refractivity contribution in [2.24, 2.45) is 0 Å². The molecular weight excluding hydrogens is 246 g/mol. The molecule has 0 aliphatic heterocycles. The smallest absolute Gasteiger partial charge is 0.250 e. The van der Waals surface area contributed by atoms with Gasteiger partial charge in [0, 0.05) is 5.69 Å². The SMILES string of the molecule is CC(=O)C(OCC(=O)Nc1cccc(C)c1)C(C)=O. The molecule has 1 amide bonds. The van der Waals surface area contributed by atoms with Crippen molar-refractivity contribution in [2.75, 3.05) is 11.9 Å². The summed E-state index contributed by atoms with van der Waals surface area (Å²) in [6.45, 7) is 4.08. The highest BCUT2D eigenvalue weighted by Crippen LogP contribution is 2.09. The number of ketones is 2. The van der Waals surface area contributed by atoms with E-state index in [1.165, 1.54) is 13.8 Å². The fourth-order valence-corrected chi connectivity index (χ4v) is 1.60. The van der Waals surface area contributed by atoms with Gasteiger partial charge in [-0.2, -0.15) is 0 Å². The molecule has 0 radical (unpaired) electrons. The first-order chi connectivity index (χ1) is 8.90. The molecule has 5 nitrogen and oxygen atoms in total. The zero-order valence-corrected chi connectivity index (χ0v) is 11.2. The zero-order chi connectivity index (χ0) is 14.4. The Bertz CT molecular complexity index is 482. The third kappa shape index (κ3) is 5.01. The van der Waals surface area contributed by atoms with E-state index in [0.717, 1.165) is 5.56 Å². The molecule has 5 heteroatoms. The standard InChI is InChI=1S/C14H17NO4/c1-9-5-4-6-12(7-9)15-13(18)8-19-14(10(2)16)11(3)17/h4-7,14H,8H2,1-3H3,(H,15,18). The summed E-state index contributed by atoms with van der Waals surface area (Å²) in [6.07, 6.45) is -1.16. The van der Waals surface area contributed by atoms with Crippen LogP contribution in [0.3, 0.4) is 0 Å². The van der Waals surface area contributed by atoms with E-state index in [4.69, 9.17) is 4.74 Å². The molecule has 0 bridgehead atoms. The average Bonchev–Trinajstić information content (AvgIpc) is 2.27. The molecule has 0 atom stereocenters. The number of carbonyl (C=O) groups is 3. The molecule has 1 aromatic carbocycles. The fraction of sp³-hybridized carbons (Fsp3) is 0.357. The summed E-state index contributed by atoms with van der Waals surface area (Å²) in [5.41, 5.74) is 1.67. The lowest BCUT2D eigenvalue weighted by atomic mass is 10.2. The summed E-state index contributed by atoms with van der Waals surface area (Å²) >= 11 is 0. The van der Waals surface area contributed by atoms with Crippen molar-refractivity contribution in [3.05, 3.63) is 29.8 Å². The summed E-state index contributed by atoms with van der Waals surface area (Å²) in [5.74, 6) is -1.22. The number of Topliss-reactive ketones (excluding diaryl/α,β-unsaturated/α-hetero) is 2. The molecular formula is C14H17NO4. The highest BCUT2D eigenvalue weighted by molar-refractivity contribution is 6.03. The summed E-state index contributed by atoms with van der Waals surface area (Å²) in [6, 6.07) is 7.29. The number of nitrogens with one attached hydrogen (secondary N) is 1. The molecule has 0 aromatic heterocycles. The quantitative estimate of drug-likeness (QED) is 0.789. The summed E-state index contributed by atoms with van der Waals surface area (Å²) < 4.78 is 5.02. The van der Waals surface area contributed by atoms with E-state index >= 15 is 0 Å². The van der Waals surface area contributed by atoms with E-state index in [2.05, 4.69) is 5.32 Å². The number of carbonyl (C=O) groups excluding carboxylic acids is 3. The van der Waals surface area contributed by atoms with Gasteiger partial charge in [0.1, 0.15) is 6.61 Å². The van der Waals surface area contributed by atoms with E-state index in [9.17, 15) is 14.4 Å². The van der Waals surface area contributed by atoms with Crippen LogP contribution in [0.15, 0.2) is 24.3 Å². The Morgan fingerprint density at radius 2 is 1.84 bits per heavy atom. The van der Waals surface area contributed by atoms with Gasteiger partial charge in [-0.1, -0.05) is 12.1 Å². The number of hydrogen-bond donors (Lipinski definition) is 1. The lowest BCUT2D eigenvalue weighted by Gasteiger charge is -2.12. The molecule has 0 saturated carbocycles. The van der Waals surface area contributed by atoms with Crippen molar-refractivity contribution < 1.29 is 19.1 Å². The third-order valence-electron chi connectivity index (χ3n) is 2.42. The second kappa shape index (κ2) is 6.80. The molecule has 0 spiro atoms. The Kier molecular flexibility index (Phi) is 5.38. The second-order valence-electron chi connectivity index (χ2n) is 4.33. The van der Waals surface area contributed by atoms with E-state index in [1.54, 1.807) is 6.07 Å². The van der Waals surface area contributed by atoms with Gasteiger partial charge >= 0.3 is 0 Å². The van der Waals surface area contributed by atoms with Crippen molar-refractivity contribution in [2.45, 2.75) is 26.9 Å². The molecule has 1 rings (SSSR count). The van der Waals surface area contributed by atoms with Crippen molar-refractivity contribution in [1.82, 2.24) is 0 Å². The van der Waals surface area contributed by atoms with Crippen LogP contribution in [0.4, 0.5) is 5.69 Å². The van der Waals surface area contributed by atoms with E-state index in [0.29, 0.717) is 5.69 Å². The zero-order valence-electron chi connectivity index (χ0n) is 11.2. The minimum absolute atomic E-state index is 0.336. The molecule has 0 unspecified atom stereocenters. The Morgan fingerprint density at radius 3 is 2.37 bits per heavy atom. The van der Waals surface area contributed by atoms with Crippen LogP contribution < -0.4 is 5.32 Å². The average molecular weight is 263 g/mol. The summed E-state index contributed by atoms with van der Waals surface area (Å²) in [7, 11) is 0. The number of ether oxygens (including phenoxy) is 1. The molecule has 19 heavy (non-hydrogen) atoms. The molecule has 0 saturated heterocycles. The fourth-order valence-electron chi connectivity index (χ4n) is 1.60. The van der Waals surface area contributed by atoms with Crippen LogP contribution in [0.1, 0.15) is 19.4 Å². The van der Waals surface area contributed by atoms with Gasteiger partial charge in [-0.3, -0.25) is 14.4 Å². The summed E-state index contributed by atoms with van der Waals surface area (Å²) in [5, 5.41) is 2.63. The lowest BCUT2D eigenvalue weighted by Crippen LogP contribution is -2.32. The Hall–Kier alpha value is -2.01. The maximum Gasteiger partial charge on any atom is 0.250 e. The molecule has 0 aliphatic rings. The van der Waals surface area contributed by atoms with Crippen molar-refractivity contribution in [3.8, 4) is 0 Å². The van der Waals surface area contributed by atoms with Gasteiger partial charge in [0.25, 0.3) is 0 Å². The normalized spacial score (nSPS) is 10.3. The van der Waals surface area contributed by atoms with E-state index < -0.39 is 23.6 Å². The maximum atomic E-state index is 11.6. The number of hydrogen-bond acceptors (Lipinski definition) is 4. The van der Waals surface area contributed by atoms with Gasteiger partial charge in [-0.25, -0.2) is 0 Å². The Morgan fingerprint density at radius 1 is 1.21 bits per heavy atom. The molecule has 1 aromatic rings. The van der Waals surface area contributed by atoms with Crippen molar-refractivity contribution >= 4 is 23.2 Å². The molecule has 0 heterocycles. The van der Waals surface area contributed by atoms with E-state index in [1.807, 2.05) is 25.1 Å². The predicted octanol–water partition coefficient (Wildman–Crippen LogP) is 1.50. The largest absolute Gasteiger partial charge is 0.353 e. The van der Waals surface area contributed by atoms with E-state index in [-0.39, 0.29) is 6.61 Å². The topological polar surface area (TPSA) is 72.5 Å². The molecule has 0 fully saturated rings. The van der Waals surface area contributed by atoms with Gasteiger partial charge in [0.2, 0.25) is 5.91 Å². The summed E-state index contributed by atoms with van der Waals surface area (Å²) in [4.78, 5) is 33.9. The molecule has 102 valence electrons. The first-order valence-electron chi connectivity index (χ1n) is 5.89. The first-order valence-corrected chi connectivity index (χ1v) is 5.89. The number of anilines is 1. The number of aryl methyl sites for hydroxylation is 1. The van der Waals surface area contributed by atoms with Gasteiger partial charge in [-0.05, 0) is 38.5 Å². The molecule has 1 N–H and O–H groups in total. The van der Waals surface area contributed by atoms with Crippen LogP contribution in [0, 0.1) is 6.92 Å². The Labute approximate surface area is 111 Å². The van der Waals surface area contributed by atoms with Crippen LogP contribution >= 0.6 is 0 Å². The number of benzene rings is 1. The Balaban J connectivity index is 2.52. The van der Waals surface area contributed by atoms with Crippen molar-refractivity contribution in [3.63, 3.8) is 0 Å². The highest BCUT2D eigenvalue weighted by Gasteiger charge is 2.21. The predicted molar refractivity (Wildman–Crippen MR) is 70.9 cm³/mol. The van der Waals surface area contributed by atoms with Gasteiger partial charge in [-0.15, -0.1) is 0 Å². The monoisotopic (exact) mass is 263 g/mol. The molecule has 0 aliphatic carbocycles. The second-order valence-corrected chi connectivity index (χ2v) is 4.33. The van der Waals surface area contributed by atoms with Crippen LogP contribution in [0.25, 0.3) is 0 Å². The lowest BCUT2D eigenvalue weighted by molar-refractivity contribution is -0.142. The third-order valence-corrected chi connectivity index (χ3v) is 2.42.